The van der Waals surface area contributed by atoms with Crippen molar-refractivity contribution in [3.05, 3.63) is 59.1 Å². The van der Waals surface area contributed by atoms with Crippen LogP contribution in [0.2, 0.25) is 5.02 Å². The highest BCUT2D eigenvalue weighted by atomic mass is 35.5. The molecule has 4 heteroatoms. The second kappa shape index (κ2) is 5.02. The molecule has 1 heterocycles. The maximum absolute atomic E-state index is 10.5. The SMILES string of the molecule is CN=Cc1c(O)n(-c2cccc(Cl)c2)c2ccccc12. The molecule has 0 unspecified atom stereocenters. The maximum Gasteiger partial charge on any atom is 0.205 e. The topological polar surface area (TPSA) is 37.5 Å². The number of para-hydroxylation sites is 1. The summed E-state index contributed by atoms with van der Waals surface area (Å²) in [6.45, 7) is 0. The van der Waals surface area contributed by atoms with E-state index in [-0.39, 0.29) is 5.88 Å². The van der Waals surface area contributed by atoms with E-state index < -0.39 is 0 Å². The molecular formula is C16H13ClN2O. The van der Waals surface area contributed by atoms with E-state index in [1.165, 1.54) is 0 Å². The largest absolute Gasteiger partial charge is 0.494 e. The van der Waals surface area contributed by atoms with Gasteiger partial charge in [-0.25, -0.2) is 0 Å². The highest BCUT2D eigenvalue weighted by Gasteiger charge is 2.16. The normalized spacial score (nSPS) is 11.5. The van der Waals surface area contributed by atoms with Gasteiger partial charge >= 0.3 is 0 Å². The Bertz CT molecular complexity index is 805. The summed E-state index contributed by atoms with van der Waals surface area (Å²) in [7, 11) is 1.69. The van der Waals surface area contributed by atoms with Crippen molar-refractivity contribution in [1.82, 2.24) is 4.57 Å². The average Bonchev–Trinajstić information content (AvgIpc) is 2.72. The third-order valence-corrected chi connectivity index (χ3v) is 3.45. The van der Waals surface area contributed by atoms with Crippen LogP contribution in [0.5, 0.6) is 5.88 Å². The van der Waals surface area contributed by atoms with Gasteiger partial charge in [-0.15, -0.1) is 0 Å². The Kier molecular flexibility index (Phi) is 3.20. The molecule has 0 aliphatic heterocycles. The number of aliphatic imine (C=N–C) groups is 1. The van der Waals surface area contributed by atoms with Gasteiger partial charge < -0.3 is 5.11 Å². The van der Waals surface area contributed by atoms with Crippen LogP contribution in [0, 0.1) is 0 Å². The number of fused-ring (bicyclic) bond motifs is 1. The van der Waals surface area contributed by atoms with Crippen LogP contribution in [0.4, 0.5) is 0 Å². The maximum atomic E-state index is 10.5. The van der Waals surface area contributed by atoms with Gasteiger partial charge in [-0.05, 0) is 24.3 Å². The molecule has 0 bridgehead atoms. The summed E-state index contributed by atoms with van der Waals surface area (Å²) in [5, 5.41) is 12.1. The summed E-state index contributed by atoms with van der Waals surface area (Å²) in [5.41, 5.74) is 2.45. The molecule has 1 N–H and O–H groups in total. The zero-order chi connectivity index (χ0) is 14.1. The lowest BCUT2D eigenvalue weighted by Crippen LogP contribution is -1.93. The Labute approximate surface area is 121 Å². The second-order valence-electron chi connectivity index (χ2n) is 4.46. The van der Waals surface area contributed by atoms with Crippen LogP contribution in [0.1, 0.15) is 5.56 Å². The Hall–Kier alpha value is -2.26. The number of halogens is 1. The molecule has 1 aromatic heterocycles. The van der Waals surface area contributed by atoms with Gasteiger partial charge in [0.1, 0.15) is 0 Å². The molecule has 0 amide bonds. The lowest BCUT2D eigenvalue weighted by molar-refractivity contribution is 0.444. The zero-order valence-electron chi connectivity index (χ0n) is 10.9. The number of hydrogen-bond donors (Lipinski definition) is 1. The molecule has 2 aromatic carbocycles. The van der Waals surface area contributed by atoms with Crippen LogP contribution in [0.25, 0.3) is 16.6 Å². The van der Waals surface area contributed by atoms with Gasteiger partial charge in [0, 0.05) is 23.7 Å². The van der Waals surface area contributed by atoms with Crippen LogP contribution in [-0.2, 0) is 0 Å². The third-order valence-electron chi connectivity index (χ3n) is 3.21. The summed E-state index contributed by atoms with van der Waals surface area (Å²) >= 11 is 6.04. The van der Waals surface area contributed by atoms with E-state index in [4.69, 9.17) is 11.6 Å². The molecule has 100 valence electrons. The number of aromatic hydroxyl groups is 1. The summed E-state index contributed by atoms with van der Waals surface area (Å²) in [5.74, 6) is 0.166. The number of aromatic nitrogens is 1. The summed E-state index contributed by atoms with van der Waals surface area (Å²) in [6, 6.07) is 15.2. The highest BCUT2D eigenvalue weighted by Crippen LogP contribution is 2.33. The predicted molar refractivity (Wildman–Crippen MR) is 83.5 cm³/mol. The van der Waals surface area contributed by atoms with E-state index in [0.717, 1.165) is 16.6 Å². The fourth-order valence-corrected chi connectivity index (χ4v) is 2.57. The number of benzene rings is 2. The monoisotopic (exact) mass is 284 g/mol. The minimum absolute atomic E-state index is 0.166. The van der Waals surface area contributed by atoms with Crippen molar-refractivity contribution in [2.45, 2.75) is 0 Å². The molecule has 0 aliphatic carbocycles. The van der Waals surface area contributed by atoms with Gasteiger partial charge in [0.15, 0.2) is 0 Å². The Morgan fingerprint density at radius 1 is 1.15 bits per heavy atom. The molecule has 0 aliphatic rings. The molecule has 0 saturated heterocycles. The average molecular weight is 285 g/mol. The smallest absolute Gasteiger partial charge is 0.205 e. The molecule has 3 aromatic rings. The van der Waals surface area contributed by atoms with E-state index in [2.05, 4.69) is 4.99 Å². The van der Waals surface area contributed by atoms with Gasteiger partial charge in [-0.3, -0.25) is 9.56 Å². The molecule has 0 spiro atoms. The van der Waals surface area contributed by atoms with E-state index in [1.807, 2.05) is 48.5 Å². The van der Waals surface area contributed by atoms with Crippen molar-refractivity contribution in [1.29, 1.82) is 0 Å². The first-order valence-electron chi connectivity index (χ1n) is 6.23. The summed E-state index contributed by atoms with van der Waals surface area (Å²) in [6.07, 6.45) is 1.67. The number of nitrogens with zero attached hydrogens (tertiary/aromatic N) is 2. The molecule has 3 rings (SSSR count). The van der Waals surface area contributed by atoms with Gasteiger partial charge in [-0.1, -0.05) is 35.9 Å². The fourth-order valence-electron chi connectivity index (χ4n) is 2.38. The lowest BCUT2D eigenvalue weighted by Gasteiger charge is -2.07. The van der Waals surface area contributed by atoms with Crippen molar-refractivity contribution in [3.8, 4) is 11.6 Å². The second-order valence-corrected chi connectivity index (χ2v) is 4.89. The fraction of sp³-hybridized carbons (Fsp3) is 0.0625. The highest BCUT2D eigenvalue weighted by molar-refractivity contribution is 6.30. The molecular weight excluding hydrogens is 272 g/mol. The van der Waals surface area contributed by atoms with Gasteiger partial charge in [0.2, 0.25) is 5.88 Å². The van der Waals surface area contributed by atoms with Crippen LogP contribution < -0.4 is 0 Å². The molecule has 0 atom stereocenters. The van der Waals surface area contributed by atoms with E-state index in [1.54, 1.807) is 17.8 Å². The molecule has 0 fully saturated rings. The first-order chi connectivity index (χ1) is 9.72. The predicted octanol–water partition coefficient (Wildman–Crippen LogP) is 4.04. The Morgan fingerprint density at radius 3 is 2.70 bits per heavy atom. The zero-order valence-corrected chi connectivity index (χ0v) is 11.7. The van der Waals surface area contributed by atoms with Crippen LogP contribution >= 0.6 is 11.6 Å². The molecule has 0 saturated carbocycles. The minimum atomic E-state index is 0.166. The summed E-state index contributed by atoms with van der Waals surface area (Å²) in [4.78, 5) is 4.02. The van der Waals surface area contributed by atoms with Crippen molar-refractivity contribution in [2.75, 3.05) is 7.05 Å². The number of hydrogen-bond acceptors (Lipinski definition) is 2. The number of rotatable bonds is 2. The Balaban J connectivity index is 2.39. The van der Waals surface area contributed by atoms with Crippen molar-refractivity contribution in [3.63, 3.8) is 0 Å². The first-order valence-corrected chi connectivity index (χ1v) is 6.60. The van der Waals surface area contributed by atoms with Crippen LogP contribution in [0.15, 0.2) is 53.5 Å². The quantitative estimate of drug-likeness (QED) is 0.709. The van der Waals surface area contributed by atoms with E-state index in [9.17, 15) is 5.11 Å². The third kappa shape index (κ3) is 1.96. The van der Waals surface area contributed by atoms with E-state index in [0.29, 0.717) is 10.6 Å². The van der Waals surface area contributed by atoms with Gasteiger partial charge in [0.25, 0.3) is 0 Å². The van der Waals surface area contributed by atoms with Crippen molar-refractivity contribution >= 4 is 28.7 Å². The van der Waals surface area contributed by atoms with Gasteiger partial charge in [-0.2, -0.15) is 0 Å². The molecule has 3 nitrogen and oxygen atoms in total. The summed E-state index contributed by atoms with van der Waals surface area (Å²) < 4.78 is 1.78. The molecule has 0 radical (unpaired) electrons. The van der Waals surface area contributed by atoms with Gasteiger partial charge in [0.05, 0.1) is 16.8 Å². The molecule has 20 heavy (non-hydrogen) atoms. The Morgan fingerprint density at radius 2 is 1.95 bits per heavy atom. The van der Waals surface area contributed by atoms with Crippen molar-refractivity contribution in [2.24, 2.45) is 4.99 Å². The van der Waals surface area contributed by atoms with Crippen LogP contribution in [-0.4, -0.2) is 22.9 Å². The van der Waals surface area contributed by atoms with E-state index >= 15 is 0 Å². The van der Waals surface area contributed by atoms with Crippen LogP contribution in [0.3, 0.4) is 0 Å². The van der Waals surface area contributed by atoms with Crippen molar-refractivity contribution < 1.29 is 5.11 Å². The standard InChI is InChI=1S/C16H13ClN2O/c1-18-10-14-13-7-2-3-8-15(13)19(16(14)20)12-6-4-5-11(17)9-12/h2-10,20H,1H3. The minimum Gasteiger partial charge on any atom is -0.494 e. The first kappa shape index (κ1) is 12.8. The lowest BCUT2D eigenvalue weighted by atomic mass is 10.2.